The summed E-state index contributed by atoms with van der Waals surface area (Å²) < 4.78 is 44.7. The molecule has 0 aliphatic heterocycles. The second-order valence-electron chi connectivity index (χ2n) is 3.26. The Balaban J connectivity index is 2.38. The zero-order chi connectivity index (χ0) is 12.5. The number of aromatic nitrogens is 1. The molecule has 1 heterocycles. The van der Waals surface area contributed by atoms with Crippen LogP contribution in [-0.2, 0) is 0 Å². The SMILES string of the molecule is COc1ccc2cc(OC(F)(F)F)ccc2n1. The average Bonchev–Trinajstić information content (AvgIpc) is 2.26. The molecular weight excluding hydrogens is 235 g/mol. The standard InChI is InChI=1S/C11H8F3NO2/c1-16-10-5-2-7-6-8(17-11(12,13)14)3-4-9(7)15-10/h2-6H,1H3. The van der Waals surface area contributed by atoms with Gasteiger partial charge in [-0.05, 0) is 24.3 Å². The van der Waals surface area contributed by atoms with Crippen molar-refractivity contribution in [2.45, 2.75) is 6.36 Å². The van der Waals surface area contributed by atoms with Crippen molar-refractivity contribution in [3.63, 3.8) is 0 Å². The molecule has 0 unspecified atom stereocenters. The molecule has 1 aromatic heterocycles. The van der Waals surface area contributed by atoms with Gasteiger partial charge in [-0.2, -0.15) is 0 Å². The predicted octanol–water partition coefficient (Wildman–Crippen LogP) is 3.14. The first-order valence-electron chi connectivity index (χ1n) is 4.68. The molecule has 0 saturated heterocycles. The fourth-order valence-corrected chi connectivity index (χ4v) is 1.40. The van der Waals surface area contributed by atoms with Crippen LogP contribution in [0.3, 0.4) is 0 Å². The van der Waals surface area contributed by atoms with Crippen molar-refractivity contribution in [2.75, 3.05) is 7.11 Å². The van der Waals surface area contributed by atoms with Crippen LogP contribution in [0.5, 0.6) is 11.6 Å². The van der Waals surface area contributed by atoms with Crippen LogP contribution in [0, 0.1) is 0 Å². The normalized spacial score (nSPS) is 11.5. The van der Waals surface area contributed by atoms with Crippen LogP contribution in [0.1, 0.15) is 0 Å². The molecule has 6 heteroatoms. The Morgan fingerprint density at radius 3 is 2.53 bits per heavy atom. The average molecular weight is 243 g/mol. The summed E-state index contributed by atoms with van der Waals surface area (Å²) >= 11 is 0. The van der Waals surface area contributed by atoms with E-state index < -0.39 is 6.36 Å². The zero-order valence-electron chi connectivity index (χ0n) is 8.78. The molecule has 0 amide bonds. The van der Waals surface area contributed by atoms with Crippen molar-refractivity contribution in [1.29, 1.82) is 0 Å². The molecule has 0 fully saturated rings. The summed E-state index contributed by atoms with van der Waals surface area (Å²) in [6.07, 6.45) is -4.69. The van der Waals surface area contributed by atoms with E-state index in [-0.39, 0.29) is 5.75 Å². The lowest BCUT2D eigenvalue weighted by Gasteiger charge is -2.09. The fourth-order valence-electron chi connectivity index (χ4n) is 1.40. The molecule has 17 heavy (non-hydrogen) atoms. The summed E-state index contributed by atoms with van der Waals surface area (Å²) in [5.74, 6) is 0.138. The molecule has 0 N–H and O–H groups in total. The van der Waals surface area contributed by atoms with E-state index in [9.17, 15) is 13.2 Å². The monoisotopic (exact) mass is 243 g/mol. The Morgan fingerprint density at radius 2 is 1.88 bits per heavy atom. The molecule has 0 atom stereocenters. The number of nitrogens with zero attached hydrogens (tertiary/aromatic N) is 1. The third kappa shape index (κ3) is 2.77. The van der Waals surface area contributed by atoms with Gasteiger partial charge in [-0.25, -0.2) is 4.98 Å². The van der Waals surface area contributed by atoms with Gasteiger partial charge in [0.05, 0.1) is 12.6 Å². The minimum absolute atomic E-state index is 0.267. The highest BCUT2D eigenvalue weighted by Gasteiger charge is 2.31. The van der Waals surface area contributed by atoms with Gasteiger partial charge in [0.1, 0.15) is 5.75 Å². The van der Waals surface area contributed by atoms with Gasteiger partial charge in [-0.15, -0.1) is 13.2 Å². The number of benzene rings is 1. The minimum atomic E-state index is -4.69. The van der Waals surface area contributed by atoms with Gasteiger partial charge >= 0.3 is 6.36 Å². The number of fused-ring (bicyclic) bond motifs is 1. The third-order valence-electron chi connectivity index (χ3n) is 2.08. The zero-order valence-corrected chi connectivity index (χ0v) is 8.78. The Kier molecular flexibility index (Phi) is 2.79. The molecule has 0 aliphatic carbocycles. The molecule has 0 radical (unpaired) electrons. The van der Waals surface area contributed by atoms with Gasteiger partial charge < -0.3 is 9.47 Å². The highest BCUT2D eigenvalue weighted by Crippen LogP contribution is 2.26. The highest BCUT2D eigenvalue weighted by molar-refractivity contribution is 5.80. The summed E-state index contributed by atoms with van der Waals surface area (Å²) in [6, 6.07) is 7.11. The molecular formula is C11H8F3NO2. The Bertz CT molecular complexity index is 540. The van der Waals surface area contributed by atoms with Crippen molar-refractivity contribution in [3.05, 3.63) is 30.3 Å². The van der Waals surface area contributed by atoms with E-state index in [4.69, 9.17) is 4.74 Å². The Labute approximate surface area is 94.8 Å². The van der Waals surface area contributed by atoms with E-state index in [1.165, 1.54) is 25.3 Å². The number of methoxy groups -OCH3 is 1. The molecule has 90 valence electrons. The maximum absolute atomic E-state index is 12.0. The highest BCUT2D eigenvalue weighted by atomic mass is 19.4. The summed E-state index contributed by atoms with van der Waals surface area (Å²) in [5, 5.41) is 0.549. The molecule has 0 bridgehead atoms. The molecule has 1 aromatic carbocycles. The topological polar surface area (TPSA) is 31.4 Å². The van der Waals surface area contributed by atoms with E-state index in [1.54, 1.807) is 12.1 Å². The van der Waals surface area contributed by atoms with Crippen molar-refractivity contribution >= 4 is 10.9 Å². The molecule has 2 aromatic rings. The molecule has 0 saturated carbocycles. The van der Waals surface area contributed by atoms with E-state index in [1.807, 2.05) is 0 Å². The number of pyridine rings is 1. The van der Waals surface area contributed by atoms with E-state index in [0.29, 0.717) is 16.8 Å². The number of alkyl halides is 3. The molecule has 0 aliphatic rings. The summed E-state index contributed by atoms with van der Waals surface area (Å²) in [5.41, 5.74) is 0.541. The van der Waals surface area contributed by atoms with Gasteiger partial charge in [-0.1, -0.05) is 0 Å². The predicted molar refractivity (Wildman–Crippen MR) is 55.0 cm³/mol. The smallest absolute Gasteiger partial charge is 0.481 e. The maximum atomic E-state index is 12.0. The van der Waals surface area contributed by atoms with E-state index in [0.717, 1.165) is 0 Å². The van der Waals surface area contributed by atoms with Gasteiger partial charge in [0.2, 0.25) is 5.88 Å². The number of hydrogen-bond donors (Lipinski definition) is 0. The number of hydrogen-bond acceptors (Lipinski definition) is 3. The first-order valence-corrected chi connectivity index (χ1v) is 4.68. The van der Waals surface area contributed by atoms with Crippen LogP contribution in [0.15, 0.2) is 30.3 Å². The van der Waals surface area contributed by atoms with Crippen molar-refractivity contribution in [1.82, 2.24) is 4.98 Å². The minimum Gasteiger partial charge on any atom is -0.481 e. The van der Waals surface area contributed by atoms with Gasteiger partial charge in [-0.3, -0.25) is 0 Å². The van der Waals surface area contributed by atoms with Crippen LogP contribution >= 0.6 is 0 Å². The van der Waals surface area contributed by atoms with Crippen molar-refractivity contribution in [2.24, 2.45) is 0 Å². The Hall–Kier alpha value is -1.98. The molecule has 3 nitrogen and oxygen atoms in total. The summed E-state index contributed by atoms with van der Waals surface area (Å²) in [4.78, 5) is 4.07. The van der Waals surface area contributed by atoms with Crippen LogP contribution in [0.4, 0.5) is 13.2 Å². The summed E-state index contributed by atoms with van der Waals surface area (Å²) in [6.45, 7) is 0. The maximum Gasteiger partial charge on any atom is 0.573 e. The number of rotatable bonds is 2. The molecule has 0 spiro atoms. The van der Waals surface area contributed by atoms with Crippen LogP contribution in [0.25, 0.3) is 10.9 Å². The van der Waals surface area contributed by atoms with E-state index in [2.05, 4.69) is 9.72 Å². The fraction of sp³-hybridized carbons (Fsp3) is 0.182. The summed E-state index contributed by atoms with van der Waals surface area (Å²) in [7, 11) is 1.47. The number of ether oxygens (including phenoxy) is 2. The third-order valence-corrected chi connectivity index (χ3v) is 2.08. The largest absolute Gasteiger partial charge is 0.573 e. The van der Waals surface area contributed by atoms with Gasteiger partial charge in [0.15, 0.2) is 0 Å². The molecule has 2 rings (SSSR count). The lowest BCUT2D eigenvalue weighted by atomic mass is 10.2. The first kappa shape index (κ1) is 11.5. The first-order chi connectivity index (χ1) is 7.98. The van der Waals surface area contributed by atoms with Gasteiger partial charge in [0, 0.05) is 11.5 Å². The van der Waals surface area contributed by atoms with Crippen molar-refractivity contribution < 1.29 is 22.6 Å². The second-order valence-corrected chi connectivity index (χ2v) is 3.26. The van der Waals surface area contributed by atoms with Crippen molar-refractivity contribution in [3.8, 4) is 11.6 Å². The van der Waals surface area contributed by atoms with Crippen LogP contribution in [-0.4, -0.2) is 18.5 Å². The van der Waals surface area contributed by atoms with E-state index >= 15 is 0 Å². The second kappa shape index (κ2) is 4.12. The quantitative estimate of drug-likeness (QED) is 0.811. The van der Waals surface area contributed by atoms with Gasteiger partial charge in [0.25, 0.3) is 0 Å². The lowest BCUT2D eigenvalue weighted by Crippen LogP contribution is -2.17. The number of halogens is 3. The lowest BCUT2D eigenvalue weighted by molar-refractivity contribution is -0.274. The Morgan fingerprint density at radius 1 is 1.12 bits per heavy atom. The van der Waals surface area contributed by atoms with Crippen LogP contribution in [0.2, 0.25) is 0 Å². The van der Waals surface area contributed by atoms with Crippen LogP contribution < -0.4 is 9.47 Å².